The van der Waals surface area contributed by atoms with E-state index in [9.17, 15) is 14.4 Å². The highest BCUT2D eigenvalue weighted by molar-refractivity contribution is 6.35. The molecule has 3 amide bonds. The van der Waals surface area contributed by atoms with Crippen LogP contribution in [0.5, 0.6) is 11.5 Å². The van der Waals surface area contributed by atoms with E-state index in [1.165, 1.54) is 25.3 Å². The highest BCUT2D eigenvalue weighted by Gasteiger charge is 2.38. The van der Waals surface area contributed by atoms with Crippen LogP contribution in [0.15, 0.2) is 66.7 Å². The molecule has 1 aliphatic heterocycles. The average molecular weight is 402 g/mol. The molecule has 150 valence electrons. The predicted octanol–water partition coefficient (Wildman–Crippen LogP) is 3.76. The van der Waals surface area contributed by atoms with Crippen molar-refractivity contribution in [1.82, 2.24) is 0 Å². The van der Waals surface area contributed by atoms with Crippen LogP contribution in [0.2, 0.25) is 0 Å². The first kappa shape index (κ1) is 19.2. The summed E-state index contributed by atoms with van der Waals surface area (Å²) < 4.78 is 10.4. The summed E-state index contributed by atoms with van der Waals surface area (Å²) in [6.45, 7) is 0. The van der Waals surface area contributed by atoms with Crippen LogP contribution in [0.1, 0.15) is 31.1 Å². The molecule has 3 aromatic carbocycles. The van der Waals surface area contributed by atoms with Crippen molar-refractivity contribution in [2.45, 2.75) is 0 Å². The van der Waals surface area contributed by atoms with Crippen LogP contribution in [0, 0.1) is 0 Å². The smallest absolute Gasteiger partial charge is 0.266 e. The number of carbonyl (C=O) groups is 3. The molecule has 7 nitrogen and oxygen atoms in total. The number of benzene rings is 3. The second kappa shape index (κ2) is 7.71. The van der Waals surface area contributed by atoms with E-state index in [1.807, 2.05) is 0 Å². The second-order valence-electron chi connectivity index (χ2n) is 6.56. The number of rotatable bonds is 5. The number of nitrogens with zero attached hydrogens (tertiary/aromatic N) is 1. The van der Waals surface area contributed by atoms with Crippen LogP contribution in [0.4, 0.5) is 11.4 Å². The first-order chi connectivity index (χ1) is 14.5. The van der Waals surface area contributed by atoms with E-state index in [4.69, 9.17) is 9.47 Å². The van der Waals surface area contributed by atoms with Gasteiger partial charge in [-0.2, -0.15) is 0 Å². The van der Waals surface area contributed by atoms with Gasteiger partial charge in [0.15, 0.2) is 0 Å². The molecule has 30 heavy (non-hydrogen) atoms. The fraction of sp³-hybridized carbons (Fsp3) is 0.0870. The van der Waals surface area contributed by atoms with Crippen molar-refractivity contribution >= 4 is 29.1 Å². The molecule has 7 heteroatoms. The zero-order valence-corrected chi connectivity index (χ0v) is 16.3. The standard InChI is InChI=1S/C23H18N2O5/c1-29-16-10-8-15(9-11-16)24-21(26)14-7-12-17-18(13-14)23(28)25(22(17)27)19-5-3-4-6-20(19)30-2/h3-13H,1-2H3,(H,24,26). The molecule has 0 saturated carbocycles. The number of nitrogens with one attached hydrogen (secondary N) is 1. The third kappa shape index (κ3) is 3.26. The summed E-state index contributed by atoms with van der Waals surface area (Å²) >= 11 is 0. The molecule has 0 spiro atoms. The zero-order chi connectivity index (χ0) is 21.3. The summed E-state index contributed by atoms with van der Waals surface area (Å²) in [4.78, 5) is 39.5. The van der Waals surface area contributed by atoms with Crippen LogP contribution in [0.25, 0.3) is 0 Å². The Morgan fingerprint density at radius 3 is 2.23 bits per heavy atom. The van der Waals surface area contributed by atoms with Crippen molar-refractivity contribution in [2.24, 2.45) is 0 Å². The Bertz CT molecular complexity index is 1150. The van der Waals surface area contributed by atoms with Gasteiger partial charge in [0.1, 0.15) is 11.5 Å². The Labute approximate surface area is 172 Å². The Morgan fingerprint density at radius 2 is 1.53 bits per heavy atom. The molecule has 0 atom stereocenters. The summed E-state index contributed by atoms with van der Waals surface area (Å²) in [7, 11) is 3.03. The number of hydrogen-bond donors (Lipinski definition) is 1. The van der Waals surface area contributed by atoms with Crippen molar-refractivity contribution in [3.05, 3.63) is 83.4 Å². The maximum atomic E-state index is 13.0. The van der Waals surface area contributed by atoms with Gasteiger partial charge in [-0.15, -0.1) is 0 Å². The molecule has 1 N–H and O–H groups in total. The van der Waals surface area contributed by atoms with Crippen molar-refractivity contribution in [2.75, 3.05) is 24.4 Å². The van der Waals surface area contributed by atoms with Crippen LogP contribution in [-0.4, -0.2) is 31.9 Å². The largest absolute Gasteiger partial charge is 0.497 e. The summed E-state index contributed by atoms with van der Waals surface area (Å²) in [6.07, 6.45) is 0. The molecule has 4 rings (SSSR count). The molecule has 3 aromatic rings. The number of imide groups is 1. The average Bonchev–Trinajstić information content (AvgIpc) is 3.03. The van der Waals surface area contributed by atoms with E-state index in [0.29, 0.717) is 22.9 Å². The number of amides is 3. The van der Waals surface area contributed by atoms with E-state index in [2.05, 4.69) is 5.32 Å². The number of anilines is 2. The van der Waals surface area contributed by atoms with Crippen molar-refractivity contribution in [3.63, 3.8) is 0 Å². The van der Waals surface area contributed by atoms with Gasteiger partial charge in [-0.1, -0.05) is 12.1 Å². The van der Waals surface area contributed by atoms with Crippen LogP contribution < -0.4 is 19.7 Å². The number of methoxy groups -OCH3 is 2. The Balaban J connectivity index is 1.62. The van der Waals surface area contributed by atoms with Crippen molar-refractivity contribution in [3.8, 4) is 11.5 Å². The minimum absolute atomic E-state index is 0.174. The van der Waals surface area contributed by atoms with Gasteiger partial charge in [-0.05, 0) is 54.6 Å². The minimum Gasteiger partial charge on any atom is -0.497 e. The first-order valence-electron chi connectivity index (χ1n) is 9.14. The molecular weight excluding hydrogens is 384 g/mol. The van der Waals surface area contributed by atoms with Crippen molar-refractivity contribution < 1.29 is 23.9 Å². The fourth-order valence-corrected chi connectivity index (χ4v) is 3.29. The molecule has 1 heterocycles. The van der Waals surface area contributed by atoms with Gasteiger partial charge in [0.05, 0.1) is 31.0 Å². The normalized spacial score (nSPS) is 12.5. The van der Waals surface area contributed by atoms with Gasteiger partial charge in [0.25, 0.3) is 17.7 Å². The molecule has 0 radical (unpaired) electrons. The molecule has 1 aliphatic rings. The van der Waals surface area contributed by atoms with Gasteiger partial charge < -0.3 is 14.8 Å². The maximum Gasteiger partial charge on any atom is 0.266 e. The summed E-state index contributed by atoms with van der Waals surface area (Å²) in [5, 5.41) is 2.76. The first-order valence-corrected chi connectivity index (χ1v) is 9.14. The van der Waals surface area contributed by atoms with Crippen LogP contribution in [-0.2, 0) is 0 Å². The lowest BCUT2D eigenvalue weighted by atomic mass is 10.1. The molecule has 0 saturated heterocycles. The van der Waals surface area contributed by atoms with Gasteiger partial charge >= 0.3 is 0 Å². The highest BCUT2D eigenvalue weighted by atomic mass is 16.5. The fourth-order valence-electron chi connectivity index (χ4n) is 3.29. The zero-order valence-electron chi connectivity index (χ0n) is 16.3. The van der Waals surface area contributed by atoms with E-state index >= 15 is 0 Å². The number of ether oxygens (including phenoxy) is 2. The summed E-state index contributed by atoms with van der Waals surface area (Å²) in [5.41, 5.74) is 1.63. The molecule has 0 fully saturated rings. The molecule has 0 aromatic heterocycles. The predicted molar refractivity (Wildman–Crippen MR) is 112 cm³/mol. The van der Waals surface area contributed by atoms with E-state index in [-0.39, 0.29) is 22.6 Å². The Kier molecular flexibility index (Phi) is 4.93. The van der Waals surface area contributed by atoms with Gasteiger partial charge in [0, 0.05) is 11.3 Å². The van der Waals surface area contributed by atoms with Crippen molar-refractivity contribution in [1.29, 1.82) is 0 Å². The lowest BCUT2D eigenvalue weighted by molar-refractivity contribution is 0.0924. The molecule has 0 aliphatic carbocycles. The number of para-hydroxylation sites is 2. The lowest BCUT2D eigenvalue weighted by Gasteiger charge is -2.16. The Morgan fingerprint density at radius 1 is 0.833 bits per heavy atom. The maximum absolute atomic E-state index is 13.0. The Hall–Kier alpha value is -4.13. The molecular formula is C23H18N2O5. The summed E-state index contributed by atoms with van der Waals surface area (Å²) in [6, 6.07) is 18.1. The second-order valence-corrected chi connectivity index (χ2v) is 6.56. The summed E-state index contributed by atoms with van der Waals surface area (Å²) in [5.74, 6) is -0.269. The van der Waals surface area contributed by atoms with Crippen LogP contribution in [0.3, 0.4) is 0 Å². The van der Waals surface area contributed by atoms with Gasteiger partial charge in [-0.3, -0.25) is 14.4 Å². The van der Waals surface area contributed by atoms with Gasteiger partial charge in [-0.25, -0.2) is 4.90 Å². The number of fused-ring (bicyclic) bond motifs is 1. The van der Waals surface area contributed by atoms with Gasteiger partial charge in [0.2, 0.25) is 0 Å². The highest BCUT2D eigenvalue weighted by Crippen LogP contribution is 2.35. The number of hydrogen-bond acceptors (Lipinski definition) is 5. The minimum atomic E-state index is -0.501. The quantitative estimate of drug-likeness (QED) is 0.657. The molecule has 0 bridgehead atoms. The third-order valence-electron chi connectivity index (χ3n) is 4.82. The topological polar surface area (TPSA) is 84.9 Å². The van der Waals surface area contributed by atoms with E-state index < -0.39 is 11.8 Å². The number of carbonyl (C=O) groups excluding carboxylic acids is 3. The molecule has 0 unspecified atom stereocenters. The third-order valence-corrected chi connectivity index (χ3v) is 4.82. The monoisotopic (exact) mass is 402 g/mol. The van der Waals surface area contributed by atoms with E-state index in [0.717, 1.165) is 4.90 Å². The van der Waals surface area contributed by atoms with E-state index in [1.54, 1.807) is 55.6 Å². The van der Waals surface area contributed by atoms with Crippen LogP contribution >= 0.6 is 0 Å². The SMILES string of the molecule is COc1ccc(NC(=O)c2ccc3c(c2)C(=O)N(c2ccccc2OC)C3=O)cc1. The lowest BCUT2D eigenvalue weighted by Crippen LogP contribution is -2.29.